The van der Waals surface area contributed by atoms with Gasteiger partial charge in [0.15, 0.2) is 5.78 Å². The number of amides is 1. The number of methoxy groups -OCH3 is 1. The summed E-state index contributed by atoms with van der Waals surface area (Å²) in [6, 6.07) is -0.891. The van der Waals surface area contributed by atoms with Crippen LogP contribution in [0.4, 0.5) is 0 Å². The Morgan fingerprint density at radius 2 is 1.92 bits per heavy atom. The lowest BCUT2D eigenvalue weighted by molar-refractivity contribution is -0.147. The molecule has 7 heteroatoms. The first-order valence-corrected chi connectivity index (χ1v) is 8.73. The molecule has 7 nitrogen and oxygen atoms in total. The third kappa shape index (κ3) is 7.96. The normalized spacial score (nSPS) is 14.9. The first-order chi connectivity index (χ1) is 12.0. The standard InChI is InChI=1S/C18H27NO6/c1-3-25-18(23)14(19-16(21)11-12-17(22)24-2)9-10-15(20)13-7-5-4-6-8-13/h7,14H,3-6,8-12H2,1-2H3,(H,19,21)/t14-/m0/s1. The molecular formula is C18H27NO6. The van der Waals surface area contributed by atoms with Crippen LogP contribution in [-0.2, 0) is 28.7 Å². The number of Topliss-reactive ketones (excluding diaryl/α,β-unsaturated/α-hetero) is 1. The molecule has 0 aromatic heterocycles. The molecule has 1 amide bonds. The summed E-state index contributed by atoms with van der Waals surface area (Å²) in [5.74, 6) is -1.51. The van der Waals surface area contributed by atoms with Crippen molar-refractivity contribution in [3.05, 3.63) is 11.6 Å². The second-order valence-corrected chi connectivity index (χ2v) is 5.89. The van der Waals surface area contributed by atoms with Crippen LogP contribution in [0.1, 0.15) is 58.3 Å². The van der Waals surface area contributed by atoms with E-state index >= 15 is 0 Å². The number of ketones is 1. The lowest BCUT2D eigenvalue weighted by atomic mass is 9.93. The number of carbonyl (C=O) groups is 4. The van der Waals surface area contributed by atoms with Gasteiger partial charge >= 0.3 is 11.9 Å². The van der Waals surface area contributed by atoms with E-state index in [1.807, 2.05) is 6.08 Å². The van der Waals surface area contributed by atoms with Crippen LogP contribution >= 0.6 is 0 Å². The zero-order valence-electron chi connectivity index (χ0n) is 15.0. The van der Waals surface area contributed by atoms with Crippen LogP contribution in [0, 0.1) is 0 Å². The summed E-state index contributed by atoms with van der Waals surface area (Å²) in [5, 5.41) is 2.55. The summed E-state index contributed by atoms with van der Waals surface area (Å²) in [6.07, 6.45) is 5.94. The quantitative estimate of drug-likeness (QED) is 0.602. The number of ether oxygens (including phenoxy) is 2. The maximum absolute atomic E-state index is 12.2. The molecule has 0 unspecified atom stereocenters. The van der Waals surface area contributed by atoms with Crippen LogP contribution in [-0.4, -0.2) is 43.4 Å². The number of hydrogen-bond donors (Lipinski definition) is 1. The number of carbonyl (C=O) groups excluding carboxylic acids is 4. The van der Waals surface area contributed by atoms with Crippen molar-refractivity contribution < 1.29 is 28.7 Å². The number of allylic oxidation sites excluding steroid dienone is 2. The Kier molecular flexibility index (Phi) is 9.50. The number of esters is 2. The fourth-order valence-corrected chi connectivity index (χ4v) is 2.60. The zero-order chi connectivity index (χ0) is 18.7. The average Bonchev–Trinajstić information content (AvgIpc) is 2.63. The van der Waals surface area contributed by atoms with Crippen molar-refractivity contribution in [2.45, 2.75) is 64.3 Å². The summed E-state index contributed by atoms with van der Waals surface area (Å²) in [4.78, 5) is 47.2. The highest BCUT2D eigenvalue weighted by Gasteiger charge is 2.24. The van der Waals surface area contributed by atoms with Crippen molar-refractivity contribution in [1.82, 2.24) is 5.32 Å². The van der Waals surface area contributed by atoms with Crippen LogP contribution in [0.2, 0.25) is 0 Å². The minimum atomic E-state index is -0.891. The largest absolute Gasteiger partial charge is 0.469 e. The topological polar surface area (TPSA) is 98.8 Å². The van der Waals surface area contributed by atoms with Crippen molar-refractivity contribution in [3.63, 3.8) is 0 Å². The van der Waals surface area contributed by atoms with E-state index in [1.54, 1.807) is 6.92 Å². The average molecular weight is 353 g/mol. The monoisotopic (exact) mass is 353 g/mol. The molecule has 0 fully saturated rings. The summed E-state index contributed by atoms with van der Waals surface area (Å²) < 4.78 is 9.43. The van der Waals surface area contributed by atoms with E-state index in [0.717, 1.165) is 31.3 Å². The molecule has 0 spiro atoms. The Morgan fingerprint density at radius 3 is 2.52 bits per heavy atom. The van der Waals surface area contributed by atoms with Crippen molar-refractivity contribution in [2.75, 3.05) is 13.7 Å². The predicted octanol–water partition coefficient (Wildman–Crippen LogP) is 1.84. The van der Waals surface area contributed by atoms with E-state index in [0.29, 0.717) is 0 Å². The number of rotatable bonds is 10. The van der Waals surface area contributed by atoms with E-state index in [2.05, 4.69) is 10.1 Å². The zero-order valence-corrected chi connectivity index (χ0v) is 15.0. The molecule has 1 N–H and O–H groups in total. The van der Waals surface area contributed by atoms with Gasteiger partial charge in [0.25, 0.3) is 0 Å². The van der Waals surface area contributed by atoms with Gasteiger partial charge < -0.3 is 14.8 Å². The summed E-state index contributed by atoms with van der Waals surface area (Å²) >= 11 is 0. The molecule has 0 aromatic carbocycles. The van der Waals surface area contributed by atoms with Crippen LogP contribution < -0.4 is 5.32 Å². The maximum Gasteiger partial charge on any atom is 0.328 e. The second-order valence-electron chi connectivity index (χ2n) is 5.89. The molecule has 1 atom stereocenters. The Bertz CT molecular complexity index is 526. The van der Waals surface area contributed by atoms with Gasteiger partial charge in [-0.25, -0.2) is 4.79 Å². The smallest absolute Gasteiger partial charge is 0.328 e. The van der Waals surface area contributed by atoms with E-state index in [-0.39, 0.29) is 38.1 Å². The number of hydrogen-bond acceptors (Lipinski definition) is 6. The summed E-state index contributed by atoms with van der Waals surface area (Å²) in [7, 11) is 1.24. The van der Waals surface area contributed by atoms with Gasteiger partial charge in [-0.05, 0) is 44.6 Å². The first kappa shape index (κ1) is 20.9. The fourth-order valence-electron chi connectivity index (χ4n) is 2.60. The molecule has 0 saturated carbocycles. The van der Waals surface area contributed by atoms with Crippen molar-refractivity contribution in [1.29, 1.82) is 0 Å². The van der Waals surface area contributed by atoms with Gasteiger partial charge in [0, 0.05) is 12.8 Å². The minimum absolute atomic E-state index is 0.0119. The molecule has 0 heterocycles. The van der Waals surface area contributed by atoms with Crippen LogP contribution in [0.5, 0.6) is 0 Å². The Labute approximate surface area is 148 Å². The van der Waals surface area contributed by atoms with Crippen molar-refractivity contribution >= 4 is 23.6 Å². The Balaban J connectivity index is 2.55. The molecule has 25 heavy (non-hydrogen) atoms. The second kappa shape index (κ2) is 11.4. The SMILES string of the molecule is CCOC(=O)[C@H](CCC(=O)C1=CCCCC1)NC(=O)CCC(=O)OC. The van der Waals surface area contributed by atoms with Gasteiger partial charge in [0.2, 0.25) is 5.91 Å². The molecule has 1 aliphatic carbocycles. The van der Waals surface area contributed by atoms with Crippen LogP contribution in [0.15, 0.2) is 11.6 Å². The first-order valence-electron chi connectivity index (χ1n) is 8.73. The molecule has 0 bridgehead atoms. The highest BCUT2D eigenvalue weighted by atomic mass is 16.5. The molecule has 0 aliphatic heterocycles. The van der Waals surface area contributed by atoms with Gasteiger partial charge in [-0.1, -0.05) is 6.08 Å². The van der Waals surface area contributed by atoms with E-state index in [1.165, 1.54) is 7.11 Å². The third-order valence-electron chi connectivity index (χ3n) is 4.00. The van der Waals surface area contributed by atoms with Gasteiger partial charge in [0.1, 0.15) is 6.04 Å². The molecule has 0 saturated heterocycles. The predicted molar refractivity (Wildman–Crippen MR) is 90.6 cm³/mol. The maximum atomic E-state index is 12.2. The van der Waals surface area contributed by atoms with Gasteiger partial charge in [0.05, 0.1) is 20.1 Å². The van der Waals surface area contributed by atoms with Crippen molar-refractivity contribution in [3.8, 4) is 0 Å². The molecule has 140 valence electrons. The van der Waals surface area contributed by atoms with E-state index in [4.69, 9.17) is 4.74 Å². The Morgan fingerprint density at radius 1 is 1.16 bits per heavy atom. The van der Waals surface area contributed by atoms with Crippen LogP contribution in [0.25, 0.3) is 0 Å². The molecule has 0 aromatic rings. The van der Waals surface area contributed by atoms with Crippen LogP contribution in [0.3, 0.4) is 0 Å². The molecule has 1 rings (SSSR count). The number of nitrogens with one attached hydrogen (secondary N) is 1. The molecular weight excluding hydrogens is 326 g/mol. The van der Waals surface area contributed by atoms with Crippen molar-refractivity contribution in [2.24, 2.45) is 0 Å². The minimum Gasteiger partial charge on any atom is -0.469 e. The molecule has 0 radical (unpaired) electrons. The van der Waals surface area contributed by atoms with Gasteiger partial charge in [-0.15, -0.1) is 0 Å². The summed E-state index contributed by atoms with van der Waals surface area (Å²) in [6.45, 7) is 1.86. The highest BCUT2D eigenvalue weighted by Crippen LogP contribution is 2.20. The van der Waals surface area contributed by atoms with Gasteiger partial charge in [-0.3, -0.25) is 14.4 Å². The summed E-state index contributed by atoms with van der Waals surface area (Å²) in [5.41, 5.74) is 0.811. The lowest BCUT2D eigenvalue weighted by Gasteiger charge is -2.18. The van der Waals surface area contributed by atoms with Gasteiger partial charge in [-0.2, -0.15) is 0 Å². The van der Waals surface area contributed by atoms with E-state index < -0.39 is 23.9 Å². The highest BCUT2D eigenvalue weighted by molar-refractivity contribution is 5.96. The molecule has 1 aliphatic rings. The Hall–Kier alpha value is -2.18. The van der Waals surface area contributed by atoms with E-state index in [9.17, 15) is 19.2 Å². The third-order valence-corrected chi connectivity index (χ3v) is 4.00. The fraction of sp³-hybridized carbons (Fsp3) is 0.667. The lowest BCUT2D eigenvalue weighted by Crippen LogP contribution is -2.42.